The van der Waals surface area contributed by atoms with E-state index in [4.69, 9.17) is 14.1 Å². The van der Waals surface area contributed by atoms with Crippen LogP contribution in [0.2, 0.25) is 0 Å². The summed E-state index contributed by atoms with van der Waals surface area (Å²) in [6, 6.07) is 13.7. The Morgan fingerprint density at radius 2 is 2.00 bits per heavy atom. The molecule has 0 aliphatic heterocycles. The van der Waals surface area contributed by atoms with Crippen molar-refractivity contribution >= 4 is 11.7 Å². The van der Waals surface area contributed by atoms with Crippen LogP contribution in [0.4, 0.5) is 4.39 Å². The van der Waals surface area contributed by atoms with E-state index in [2.05, 4.69) is 10.6 Å². The standard InChI is InChI=1S/C21H19FN2O5/c1-2-11-28-23-18(13-27-19-6-4-3-5-16(19)21(25)26)20-12-17(24-29-20)14-7-9-15(22)10-8-14/h3-10,12-13,23H,2,11H2,1H3,(H,25,26). The first-order chi connectivity index (χ1) is 14.1. The Bertz CT molecular complexity index is 998. The number of nitrogens with one attached hydrogen (secondary N) is 1. The van der Waals surface area contributed by atoms with E-state index in [9.17, 15) is 14.3 Å². The van der Waals surface area contributed by atoms with Crippen molar-refractivity contribution in [1.82, 2.24) is 10.6 Å². The summed E-state index contributed by atoms with van der Waals surface area (Å²) >= 11 is 0. The highest BCUT2D eigenvalue weighted by molar-refractivity contribution is 5.90. The number of aromatic carboxylic acids is 1. The van der Waals surface area contributed by atoms with Crippen molar-refractivity contribution in [2.75, 3.05) is 6.61 Å². The number of carbonyl (C=O) groups is 1. The van der Waals surface area contributed by atoms with Gasteiger partial charge in [-0.3, -0.25) is 10.3 Å². The fraction of sp³-hybridized carbons (Fsp3) is 0.143. The Balaban J connectivity index is 1.86. The van der Waals surface area contributed by atoms with Gasteiger partial charge in [0.1, 0.15) is 34.8 Å². The number of hydrogen-bond acceptors (Lipinski definition) is 6. The number of ether oxygens (including phenoxy) is 1. The van der Waals surface area contributed by atoms with Gasteiger partial charge in [0.2, 0.25) is 0 Å². The number of carboxylic acid groups (broad SMARTS) is 1. The molecule has 8 heteroatoms. The Hall–Kier alpha value is -3.65. The number of carboxylic acids is 1. The third-order valence-electron chi connectivity index (χ3n) is 3.83. The molecule has 3 aromatic rings. The van der Waals surface area contributed by atoms with Crippen LogP contribution in [-0.2, 0) is 4.84 Å². The highest BCUT2D eigenvalue weighted by Crippen LogP contribution is 2.24. The molecule has 0 amide bonds. The lowest BCUT2D eigenvalue weighted by Gasteiger charge is -2.09. The van der Waals surface area contributed by atoms with Gasteiger partial charge in [-0.1, -0.05) is 24.2 Å². The van der Waals surface area contributed by atoms with Gasteiger partial charge in [0, 0.05) is 11.6 Å². The summed E-state index contributed by atoms with van der Waals surface area (Å²) in [5.41, 5.74) is 4.21. The number of para-hydroxylation sites is 1. The summed E-state index contributed by atoms with van der Waals surface area (Å²) in [5, 5.41) is 13.3. The van der Waals surface area contributed by atoms with Gasteiger partial charge in [-0.05, 0) is 42.8 Å². The summed E-state index contributed by atoms with van der Waals surface area (Å²) in [7, 11) is 0. The first kappa shape index (κ1) is 20.1. The summed E-state index contributed by atoms with van der Waals surface area (Å²) in [4.78, 5) is 16.7. The van der Waals surface area contributed by atoms with Crippen LogP contribution in [0, 0.1) is 5.82 Å². The molecule has 1 aromatic heterocycles. The van der Waals surface area contributed by atoms with Gasteiger partial charge in [0.05, 0.1) is 6.61 Å². The van der Waals surface area contributed by atoms with E-state index in [1.165, 1.54) is 30.5 Å². The van der Waals surface area contributed by atoms with Gasteiger partial charge in [-0.15, -0.1) is 0 Å². The second-order valence-corrected chi connectivity index (χ2v) is 5.98. The maximum Gasteiger partial charge on any atom is 0.339 e. The zero-order valence-corrected chi connectivity index (χ0v) is 15.6. The summed E-state index contributed by atoms with van der Waals surface area (Å²) in [5.74, 6) is -0.997. The van der Waals surface area contributed by atoms with Gasteiger partial charge in [-0.2, -0.15) is 0 Å². The number of benzene rings is 2. The smallest absolute Gasteiger partial charge is 0.339 e. The van der Waals surface area contributed by atoms with Gasteiger partial charge in [0.25, 0.3) is 0 Å². The maximum absolute atomic E-state index is 13.1. The van der Waals surface area contributed by atoms with Crippen molar-refractivity contribution in [3.63, 3.8) is 0 Å². The molecule has 150 valence electrons. The molecule has 3 rings (SSSR count). The Kier molecular flexibility index (Phi) is 6.59. The monoisotopic (exact) mass is 398 g/mol. The van der Waals surface area contributed by atoms with Crippen molar-refractivity contribution in [1.29, 1.82) is 0 Å². The van der Waals surface area contributed by atoms with Crippen LogP contribution in [0.25, 0.3) is 17.0 Å². The van der Waals surface area contributed by atoms with Gasteiger partial charge in [-0.25, -0.2) is 9.18 Å². The lowest BCUT2D eigenvalue weighted by Crippen LogP contribution is -2.14. The van der Waals surface area contributed by atoms with Crippen LogP contribution in [0.15, 0.2) is 65.4 Å². The molecule has 0 fully saturated rings. The van der Waals surface area contributed by atoms with Crippen molar-refractivity contribution in [3.8, 4) is 17.0 Å². The minimum absolute atomic E-state index is 0.0159. The lowest BCUT2D eigenvalue weighted by molar-refractivity contribution is 0.0693. The number of nitrogens with zero attached hydrogens (tertiary/aromatic N) is 1. The summed E-state index contributed by atoms with van der Waals surface area (Å²) < 4.78 is 24.0. The number of hydrogen-bond donors (Lipinski definition) is 2. The molecule has 7 nitrogen and oxygen atoms in total. The van der Waals surface area contributed by atoms with Crippen LogP contribution < -0.4 is 10.2 Å². The average Bonchev–Trinajstić information content (AvgIpc) is 3.21. The lowest BCUT2D eigenvalue weighted by atomic mass is 10.1. The fourth-order valence-corrected chi connectivity index (χ4v) is 2.39. The van der Waals surface area contributed by atoms with Crippen LogP contribution in [0.5, 0.6) is 5.75 Å². The van der Waals surface area contributed by atoms with Crippen LogP contribution in [0.1, 0.15) is 29.5 Å². The molecular weight excluding hydrogens is 379 g/mol. The quantitative estimate of drug-likeness (QED) is 0.312. The van der Waals surface area contributed by atoms with E-state index in [0.717, 1.165) is 6.42 Å². The molecule has 0 saturated heterocycles. The van der Waals surface area contributed by atoms with Crippen molar-refractivity contribution in [2.45, 2.75) is 13.3 Å². The third kappa shape index (κ3) is 5.20. The van der Waals surface area contributed by atoms with E-state index >= 15 is 0 Å². The largest absolute Gasteiger partial charge is 0.478 e. The first-order valence-electron chi connectivity index (χ1n) is 8.88. The summed E-state index contributed by atoms with van der Waals surface area (Å²) in [6.07, 6.45) is 2.06. The van der Waals surface area contributed by atoms with E-state index in [1.807, 2.05) is 6.92 Å². The molecule has 0 atom stereocenters. The minimum Gasteiger partial charge on any atom is -0.478 e. The second-order valence-electron chi connectivity index (χ2n) is 5.98. The van der Waals surface area contributed by atoms with E-state index in [0.29, 0.717) is 29.3 Å². The number of aromatic nitrogens is 1. The van der Waals surface area contributed by atoms with Crippen molar-refractivity contribution in [3.05, 3.63) is 78.0 Å². The zero-order chi connectivity index (χ0) is 20.6. The summed E-state index contributed by atoms with van der Waals surface area (Å²) in [6.45, 7) is 2.38. The van der Waals surface area contributed by atoms with Gasteiger partial charge >= 0.3 is 5.97 Å². The molecule has 0 saturated carbocycles. The number of rotatable bonds is 9. The van der Waals surface area contributed by atoms with Gasteiger partial charge in [0.15, 0.2) is 5.76 Å². The molecule has 0 aliphatic carbocycles. The first-order valence-corrected chi connectivity index (χ1v) is 8.88. The predicted molar refractivity (Wildman–Crippen MR) is 103 cm³/mol. The second kappa shape index (κ2) is 9.52. The highest BCUT2D eigenvalue weighted by Gasteiger charge is 2.14. The molecule has 2 aromatic carbocycles. The molecule has 0 unspecified atom stereocenters. The third-order valence-corrected chi connectivity index (χ3v) is 3.83. The molecular formula is C21H19FN2O5. The molecule has 29 heavy (non-hydrogen) atoms. The highest BCUT2D eigenvalue weighted by atomic mass is 19.1. The van der Waals surface area contributed by atoms with Crippen LogP contribution >= 0.6 is 0 Å². The Morgan fingerprint density at radius 1 is 1.24 bits per heavy atom. The fourth-order valence-electron chi connectivity index (χ4n) is 2.39. The molecule has 1 heterocycles. The zero-order valence-electron chi connectivity index (χ0n) is 15.6. The van der Waals surface area contributed by atoms with Crippen molar-refractivity contribution < 1.29 is 28.4 Å². The minimum atomic E-state index is -1.11. The SMILES string of the molecule is CCCONC(=COc1ccccc1C(=O)O)c1cc(-c2ccc(F)cc2)no1. The molecule has 0 radical (unpaired) electrons. The average molecular weight is 398 g/mol. The van der Waals surface area contributed by atoms with Gasteiger partial charge < -0.3 is 14.4 Å². The molecule has 2 N–H and O–H groups in total. The van der Waals surface area contributed by atoms with E-state index in [1.54, 1.807) is 30.3 Å². The molecule has 0 spiro atoms. The maximum atomic E-state index is 13.1. The number of hydroxylamine groups is 1. The number of halogens is 1. The van der Waals surface area contributed by atoms with Crippen molar-refractivity contribution in [2.24, 2.45) is 0 Å². The molecule has 0 aliphatic rings. The molecule has 0 bridgehead atoms. The van der Waals surface area contributed by atoms with Crippen LogP contribution in [0.3, 0.4) is 0 Å². The predicted octanol–water partition coefficient (Wildman–Crippen LogP) is 4.49. The topological polar surface area (TPSA) is 93.8 Å². The van der Waals surface area contributed by atoms with E-state index < -0.39 is 5.97 Å². The normalized spacial score (nSPS) is 11.3. The Labute approximate surface area is 166 Å². The van der Waals surface area contributed by atoms with Crippen LogP contribution in [-0.4, -0.2) is 22.8 Å². The Morgan fingerprint density at radius 3 is 2.72 bits per heavy atom. The van der Waals surface area contributed by atoms with E-state index in [-0.39, 0.29) is 17.1 Å².